The van der Waals surface area contributed by atoms with E-state index < -0.39 is 0 Å². The smallest absolute Gasteiger partial charge is 0.246 e. The zero-order valence-electron chi connectivity index (χ0n) is 11.2. The zero-order chi connectivity index (χ0) is 14.8. The number of aromatic nitrogens is 2. The molecule has 0 fully saturated rings. The zero-order valence-corrected chi connectivity index (χ0v) is 13.6. The maximum Gasteiger partial charge on any atom is 0.246 e. The summed E-state index contributed by atoms with van der Waals surface area (Å²) < 4.78 is 0.821. The second-order valence-corrected chi connectivity index (χ2v) is 7.08. The van der Waals surface area contributed by atoms with Gasteiger partial charge in [0.15, 0.2) is 4.34 Å². The van der Waals surface area contributed by atoms with Crippen molar-refractivity contribution in [3.63, 3.8) is 0 Å². The predicted octanol–water partition coefficient (Wildman–Crippen LogP) is 3.34. The Hall–Kier alpha value is -1.15. The quantitative estimate of drug-likeness (QED) is 0.873. The van der Waals surface area contributed by atoms with Crippen molar-refractivity contribution in [2.24, 2.45) is 0 Å². The summed E-state index contributed by atoms with van der Waals surface area (Å²) in [6.07, 6.45) is 0.970. The van der Waals surface area contributed by atoms with Crippen LogP contribution in [0.15, 0.2) is 26.9 Å². The summed E-state index contributed by atoms with van der Waals surface area (Å²) in [5.41, 5.74) is 3.39. The summed E-state index contributed by atoms with van der Waals surface area (Å²) >= 11 is 9.24. The number of fused-ring (bicyclic) bond motifs is 1. The number of carbonyl (C=O) groups is 1. The molecule has 2 aromatic rings. The van der Waals surface area contributed by atoms with E-state index in [1.54, 1.807) is 5.51 Å². The van der Waals surface area contributed by atoms with Gasteiger partial charge in [0.05, 0.1) is 5.02 Å². The Morgan fingerprint density at radius 1 is 1.52 bits per heavy atom. The van der Waals surface area contributed by atoms with E-state index in [1.807, 2.05) is 12.1 Å². The minimum absolute atomic E-state index is 0.0346. The van der Waals surface area contributed by atoms with Gasteiger partial charge in [-0.05, 0) is 25.1 Å². The number of nitrogens with zero attached hydrogens (tertiary/aromatic N) is 2. The van der Waals surface area contributed by atoms with Crippen molar-refractivity contribution in [1.82, 2.24) is 15.5 Å². The molecule has 1 aromatic carbocycles. The summed E-state index contributed by atoms with van der Waals surface area (Å²) in [6.45, 7) is 2.85. The predicted molar refractivity (Wildman–Crippen MR) is 85.1 cm³/mol. The molecule has 1 amide bonds. The summed E-state index contributed by atoms with van der Waals surface area (Å²) in [5.74, 6) is -0.0346. The number of rotatable bonds is 5. The Kier molecular flexibility index (Phi) is 4.44. The highest BCUT2D eigenvalue weighted by atomic mass is 35.5. The van der Waals surface area contributed by atoms with Crippen LogP contribution >= 0.6 is 34.7 Å². The molecule has 0 spiro atoms. The van der Waals surface area contributed by atoms with Crippen LogP contribution in [0.4, 0.5) is 5.69 Å². The number of carbonyl (C=O) groups excluding carboxylic acids is 1. The van der Waals surface area contributed by atoms with Crippen LogP contribution in [0.3, 0.4) is 0 Å². The van der Waals surface area contributed by atoms with Crippen LogP contribution in [-0.2, 0) is 4.79 Å². The first-order chi connectivity index (χ1) is 10.2. The minimum atomic E-state index is -0.321. The van der Waals surface area contributed by atoms with Crippen LogP contribution in [0.25, 0.3) is 0 Å². The first-order valence-corrected chi connectivity index (χ1v) is 8.58. The van der Waals surface area contributed by atoms with Crippen molar-refractivity contribution in [2.75, 3.05) is 11.9 Å². The highest BCUT2D eigenvalue weighted by Crippen LogP contribution is 2.41. The summed E-state index contributed by atoms with van der Waals surface area (Å²) in [5, 5.41) is 14.5. The van der Waals surface area contributed by atoms with Crippen LogP contribution in [0.2, 0.25) is 5.02 Å². The third-order valence-electron chi connectivity index (χ3n) is 3.07. The Morgan fingerprint density at radius 2 is 2.38 bits per heavy atom. The molecule has 0 radical (unpaired) electrons. The molecule has 1 aromatic heterocycles. The lowest BCUT2D eigenvalue weighted by atomic mass is 10.1. The number of amides is 1. The van der Waals surface area contributed by atoms with Crippen LogP contribution in [-0.4, -0.2) is 22.6 Å². The number of nitrogens with one attached hydrogen (secondary N) is 2. The molecule has 0 aliphatic carbocycles. The number of hydrogen-bond donors (Lipinski definition) is 2. The normalized spacial score (nSPS) is 16.9. The van der Waals surface area contributed by atoms with E-state index in [2.05, 4.69) is 27.8 Å². The average Bonchev–Trinajstić information content (AvgIpc) is 3.05. The minimum Gasteiger partial charge on any atom is -0.324 e. The fourth-order valence-corrected chi connectivity index (χ4v) is 3.90. The van der Waals surface area contributed by atoms with Crippen molar-refractivity contribution < 1.29 is 4.79 Å². The van der Waals surface area contributed by atoms with E-state index in [1.165, 1.54) is 23.1 Å². The van der Waals surface area contributed by atoms with E-state index >= 15 is 0 Å². The van der Waals surface area contributed by atoms with Crippen LogP contribution < -0.4 is 10.6 Å². The largest absolute Gasteiger partial charge is 0.324 e. The lowest BCUT2D eigenvalue weighted by molar-refractivity contribution is -0.117. The Balaban J connectivity index is 1.88. The Morgan fingerprint density at radius 3 is 3.10 bits per heavy atom. The van der Waals surface area contributed by atoms with E-state index in [-0.39, 0.29) is 11.9 Å². The molecule has 1 aliphatic rings. The highest BCUT2D eigenvalue weighted by molar-refractivity contribution is 8.01. The van der Waals surface area contributed by atoms with Gasteiger partial charge >= 0.3 is 0 Å². The highest BCUT2D eigenvalue weighted by Gasteiger charge is 2.31. The van der Waals surface area contributed by atoms with Gasteiger partial charge in [0.2, 0.25) is 5.91 Å². The third kappa shape index (κ3) is 3.06. The second kappa shape index (κ2) is 6.31. The summed E-state index contributed by atoms with van der Waals surface area (Å²) in [4.78, 5) is 12.9. The second-order valence-electron chi connectivity index (χ2n) is 4.55. The van der Waals surface area contributed by atoms with Crippen molar-refractivity contribution in [3.05, 3.63) is 28.2 Å². The number of hydrogen-bond acceptors (Lipinski definition) is 6. The maximum atomic E-state index is 12.0. The summed E-state index contributed by atoms with van der Waals surface area (Å²) in [6, 6.07) is 3.43. The number of halogens is 1. The van der Waals surface area contributed by atoms with Gasteiger partial charge in [-0.25, -0.2) is 0 Å². The molecule has 0 saturated carbocycles. The fraction of sp³-hybridized carbons (Fsp3) is 0.308. The van der Waals surface area contributed by atoms with Crippen molar-refractivity contribution in [2.45, 2.75) is 28.6 Å². The SMILES string of the molecule is CCCNC1C(=O)Nc2cc(Sc3nncs3)c(Cl)cc21. The molecule has 5 nitrogen and oxygen atoms in total. The van der Waals surface area contributed by atoms with Gasteiger partial charge in [0.1, 0.15) is 11.6 Å². The van der Waals surface area contributed by atoms with E-state index in [9.17, 15) is 4.79 Å². The fourth-order valence-electron chi connectivity index (χ4n) is 2.13. The molecule has 1 atom stereocenters. The summed E-state index contributed by atoms with van der Waals surface area (Å²) in [7, 11) is 0. The van der Waals surface area contributed by atoms with Gasteiger partial charge in [-0.2, -0.15) is 0 Å². The van der Waals surface area contributed by atoms with Crippen LogP contribution in [0.5, 0.6) is 0 Å². The molecule has 2 N–H and O–H groups in total. The topological polar surface area (TPSA) is 66.9 Å². The molecular weight excluding hydrogens is 328 g/mol. The molecule has 1 unspecified atom stereocenters. The molecule has 3 rings (SSSR count). The first-order valence-electron chi connectivity index (χ1n) is 6.50. The molecule has 0 bridgehead atoms. The molecule has 110 valence electrons. The third-order valence-corrected chi connectivity index (χ3v) is 5.33. The Labute approximate surface area is 135 Å². The van der Waals surface area contributed by atoms with Gasteiger partial charge < -0.3 is 10.6 Å². The van der Waals surface area contributed by atoms with Gasteiger partial charge in [-0.3, -0.25) is 4.79 Å². The maximum absolute atomic E-state index is 12.0. The first kappa shape index (κ1) is 14.8. The lowest BCUT2D eigenvalue weighted by Crippen LogP contribution is -2.27. The standard InChI is InChI=1S/C13H13ClN4OS2/c1-2-3-15-11-7-4-8(14)10(5-9(7)17-12(11)19)21-13-18-16-6-20-13/h4-6,11,15H,2-3H2,1H3,(H,17,19). The molecule has 1 aliphatic heterocycles. The molecule has 2 heterocycles. The Bertz CT molecular complexity index is 662. The van der Waals surface area contributed by atoms with Crippen LogP contribution in [0.1, 0.15) is 24.9 Å². The molecule has 21 heavy (non-hydrogen) atoms. The molecule has 0 saturated heterocycles. The van der Waals surface area contributed by atoms with Gasteiger partial charge in [0.25, 0.3) is 0 Å². The average molecular weight is 341 g/mol. The monoisotopic (exact) mass is 340 g/mol. The number of anilines is 1. The van der Waals surface area contributed by atoms with E-state index in [0.717, 1.165) is 33.5 Å². The number of benzene rings is 1. The van der Waals surface area contributed by atoms with Crippen molar-refractivity contribution in [1.29, 1.82) is 0 Å². The van der Waals surface area contributed by atoms with Gasteiger partial charge in [-0.15, -0.1) is 10.2 Å². The van der Waals surface area contributed by atoms with Gasteiger partial charge in [0, 0.05) is 16.1 Å². The van der Waals surface area contributed by atoms with Crippen LogP contribution in [0, 0.1) is 0 Å². The van der Waals surface area contributed by atoms with E-state index in [4.69, 9.17) is 11.6 Å². The molecular formula is C13H13ClN4OS2. The van der Waals surface area contributed by atoms with Crippen molar-refractivity contribution in [3.8, 4) is 0 Å². The van der Waals surface area contributed by atoms with Gasteiger partial charge in [-0.1, -0.05) is 41.6 Å². The molecule has 8 heteroatoms. The lowest BCUT2D eigenvalue weighted by Gasteiger charge is -2.11. The van der Waals surface area contributed by atoms with Crippen molar-refractivity contribution >= 4 is 46.3 Å². The van der Waals surface area contributed by atoms with E-state index in [0.29, 0.717) is 5.02 Å².